The highest BCUT2D eigenvalue weighted by molar-refractivity contribution is 5.97. The summed E-state index contributed by atoms with van der Waals surface area (Å²) < 4.78 is 10.4. The van der Waals surface area contributed by atoms with E-state index in [4.69, 9.17) is 15.2 Å². The van der Waals surface area contributed by atoms with Gasteiger partial charge in [0.2, 0.25) is 0 Å². The van der Waals surface area contributed by atoms with Crippen molar-refractivity contribution >= 4 is 23.8 Å². The maximum Gasteiger partial charge on any atom is 0.408 e. The summed E-state index contributed by atoms with van der Waals surface area (Å²) in [6, 6.07) is 23.0. The summed E-state index contributed by atoms with van der Waals surface area (Å²) in [4.78, 5) is 25.8. The minimum atomic E-state index is -0.972. The third-order valence-corrected chi connectivity index (χ3v) is 4.98. The van der Waals surface area contributed by atoms with Crippen LogP contribution in [0.1, 0.15) is 28.3 Å². The summed E-state index contributed by atoms with van der Waals surface area (Å²) >= 11 is 0. The molecule has 3 aromatic carbocycles. The molecule has 0 spiro atoms. The van der Waals surface area contributed by atoms with Crippen LogP contribution in [0.2, 0.25) is 0 Å². The van der Waals surface area contributed by atoms with Gasteiger partial charge in [-0.1, -0.05) is 72.8 Å². The van der Waals surface area contributed by atoms with E-state index in [9.17, 15) is 9.59 Å². The number of hydrogen-bond acceptors (Lipinski definition) is 5. The van der Waals surface area contributed by atoms with Crippen LogP contribution in [-0.4, -0.2) is 25.7 Å². The van der Waals surface area contributed by atoms with Crippen molar-refractivity contribution in [3.8, 4) is 0 Å². The molecule has 3 rings (SSSR count). The van der Waals surface area contributed by atoms with E-state index >= 15 is 0 Å². The van der Waals surface area contributed by atoms with E-state index in [-0.39, 0.29) is 6.61 Å². The van der Waals surface area contributed by atoms with E-state index in [1.54, 1.807) is 25.3 Å². The van der Waals surface area contributed by atoms with Crippen LogP contribution < -0.4 is 16.4 Å². The Morgan fingerprint density at radius 2 is 1.74 bits per heavy atom. The van der Waals surface area contributed by atoms with Crippen molar-refractivity contribution in [2.45, 2.75) is 19.2 Å². The maximum absolute atomic E-state index is 13.2. The van der Waals surface area contributed by atoms with Gasteiger partial charge in [-0.2, -0.15) is 0 Å². The minimum Gasteiger partial charge on any atom is -0.445 e. The molecule has 0 aromatic heterocycles. The molecule has 0 aliphatic heterocycles. The highest BCUT2D eigenvalue weighted by atomic mass is 16.5. The number of carbonyl (C=O) groups excluding carboxylic acids is 2. The van der Waals surface area contributed by atoms with E-state index in [0.717, 1.165) is 16.7 Å². The van der Waals surface area contributed by atoms with Gasteiger partial charge in [0.15, 0.2) is 0 Å². The van der Waals surface area contributed by atoms with Crippen molar-refractivity contribution in [2.75, 3.05) is 19.0 Å². The van der Waals surface area contributed by atoms with Gasteiger partial charge in [-0.3, -0.25) is 4.79 Å². The van der Waals surface area contributed by atoms with E-state index in [2.05, 4.69) is 10.6 Å². The van der Waals surface area contributed by atoms with Crippen molar-refractivity contribution in [2.24, 2.45) is 5.73 Å². The molecule has 0 saturated heterocycles. The summed E-state index contributed by atoms with van der Waals surface area (Å²) in [5, 5.41) is 5.56. The number of carbonyl (C=O) groups is 2. The summed E-state index contributed by atoms with van der Waals surface area (Å²) in [6.07, 6.45) is 3.06. The molecule has 0 saturated carbocycles. The third-order valence-electron chi connectivity index (χ3n) is 4.98. The van der Waals surface area contributed by atoms with Crippen LogP contribution in [0.4, 0.5) is 10.5 Å². The zero-order valence-electron chi connectivity index (χ0n) is 19.1. The maximum atomic E-state index is 13.2. The molecule has 2 amide bonds. The molecule has 7 heteroatoms. The first-order valence-corrected chi connectivity index (χ1v) is 10.9. The van der Waals surface area contributed by atoms with Gasteiger partial charge in [0.25, 0.3) is 5.91 Å². The Bertz CT molecular complexity index is 1120. The number of anilines is 1. The normalized spacial score (nSPS) is 11.7. The predicted octanol–water partition coefficient (Wildman–Crippen LogP) is 4.41. The molecule has 1 atom stereocenters. The number of benzene rings is 3. The lowest BCUT2D eigenvalue weighted by Crippen LogP contribution is -2.37. The molecule has 3 aromatic rings. The molecule has 34 heavy (non-hydrogen) atoms. The molecular formula is C27H29N3O4. The molecule has 0 heterocycles. The number of rotatable bonds is 10. The number of alkyl carbamates (subject to hydrolysis) is 1. The number of methoxy groups -OCH3 is 1. The third kappa shape index (κ3) is 7.58. The molecule has 0 unspecified atom stereocenters. The van der Waals surface area contributed by atoms with Gasteiger partial charge in [0.05, 0.1) is 6.61 Å². The summed E-state index contributed by atoms with van der Waals surface area (Å²) in [5.74, 6) is -0.399. The molecule has 176 valence electrons. The van der Waals surface area contributed by atoms with Crippen molar-refractivity contribution in [1.82, 2.24) is 5.32 Å². The Balaban J connectivity index is 1.79. The average Bonchev–Trinajstić information content (AvgIpc) is 2.87. The van der Waals surface area contributed by atoms with E-state index < -0.39 is 18.0 Å². The first-order valence-electron chi connectivity index (χ1n) is 10.9. The Kier molecular flexibility index (Phi) is 9.40. The Labute approximate surface area is 199 Å². The van der Waals surface area contributed by atoms with Crippen LogP contribution in [0.5, 0.6) is 0 Å². The number of nitrogens with two attached hydrogens (primary N) is 1. The van der Waals surface area contributed by atoms with Crippen LogP contribution in [0.15, 0.2) is 84.9 Å². The summed E-state index contributed by atoms with van der Waals surface area (Å²) in [7, 11) is 1.62. The van der Waals surface area contributed by atoms with Crippen molar-refractivity contribution in [3.63, 3.8) is 0 Å². The second kappa shape index (κ2) is 12.9. The number of ether oxygens (including phenoxy) is 2. The molecular weight excluding hydrogens is 430 g/mol. The van der Waals surface area contributed by atoms with Crippen LogP contribution in [0.3, 0.4) is 0 Å². The summed E-state index contributed by atoms with van der Waals surface area (Å²) in [6.45, 7) is 0.919. The molecule has 0 aliphatic rings. The molecule has 4 N–H and O–H groups in total. The first kappa shape index (κ1) is 24.7. The highest BCUT2D eigenvalue weighted by Gasteiger charge is 2.24. The minimum absolute atomic E-state index is 0.0966. The first-order chi connectivity index (χ1) is 16.6. The van der Waals surface area contributed by atoms with Gasteiger partial charge in [-0.15, -0.1) is 0 Å². The second-order valence-electron chi connectivity index (χ2n) is 7.56. The number of hydrogen-bond donors (Lipinski definition) is 3. The average molecular weight is 460 g/mol. The van der Waals surface area contributed by atoms with Crippen LogP contribution in [0, 0.1) is 0 Å². The zero-order valence-corrected chi connectivity index (χ0v) is 19.1. The van der Waals surface area contributed by atoms with Gasteiger partial charge < -0.3 is 25.8 Å². The Morgan fingerprint density at radius 3 is 2.50 bits per heavy atom. The molecule has 0 bridgehead atoms. The fourth-order valence-electron chi connectivity index (χ4n) is 3.30. The molecule has 0 aliphatic carbocycles. The van der Waals surface area contributed by atoms with Gasteiger partial charge in [0.1, 0.15) is 12.6 Å². The lowest BCUT2D eigenvalue weighted by Gasteiger charge is -2.19. The smallest absolute Gasteiger partial charge is 0.408 e. The topological polar surface area (TPSA) is 103 Å². The quantitative estimate of drug-likeness (QED) is 0.417. The largest absolute Gasteiger partial charge is 0.445 e. The number of nitrogens with one attached hydrogen (secondary N) is 2. The Morgan fingerprint density at radius 1 is 0.971 bits per heavy atom. The lowest BCUT2D eigenvalue weighted by molar-refractivity contribution is -0.118. The van der Waals surface area contributed by atoms with E-state index in [1.807, 2.05) is 72.8 Å². The second-order valence-corrected chi connectivity index (χ2v) is 7.56. The zero-order chi connectivity index (χ0) is 24.2. The molecule has 0 radical (unpaired) electrons. The fraction of sp³-hybridized carbons (Fsp3) is 0.185. The monoisotopic (exact) mass is 459 g/mol. The van der Waals surface area contributed by atoms with Gasteiger partial charge in [0, 0.05) is 19.3 Å². The van der Waals surface area contributed by atoms with E-state index in [0.29, 0.717) is 24.4 Å². The lowest BCUT2D eigenvalue weighted by atomic mass is 10.0. The van der Waals surface area contributed by atoms with Crippen LogP contribution >= 0.6 is 0 Å². The summed E-state index contributed by atoms with van der Waals surface area (Å²) in [5.41, 5.74) is 9.52. The van der Waals surface area contributed by atoms with Crippen LogP contribution in [0.25, 0.3) is 6.08 Å². The van der Waals surface area contributed by atoms with Gasteiger partial charge in [-0.25, -0.2) is 4.79 Å². The predicted molar refractivity (Wildman–Crippen MR) is 133 cm³/mol. The van der Waals surface area contributed by atoms with Gasteiger partial charge in [-0.05, 0) is 40.5 Å². The SMILES string of the molecule is COCC=Cc1cccc([C@@H](NC(=O)OCc2ccccc2)C(=O)Nc2cccc(CN)c2)c1. The Hall–Kier alpha value is -3.94. The van der Waals surface area contributed by atoms with Gasteiger partial charge >= 0.3 is 6.09 Å². The van der Waals surface area contributed by atoms with Crippen molar-refractivity contribution in [3.05, 3.63) is 107 Å². The van der Waals surface area contributed by atoms with E-state index in [1.165, 1.54) is 0 Å². The number of amides is 2. The van der Waals surface area contributed by atoms with Crippen molar-refractivity contribution in [1.29, 1.82) is 0 Å². The standard InChI is InChI=1S/C27H29N3O4/c1-33-15-7-12-20-10-5-13-23(16-20)25(26(31)29-24-14-6-11-22(17-24)18-28)30-27(32)34-19-21-8-3-2-4-9-21/h2-14,16-17,25H,15,18-19,28H2,1H3,(H,29,31)(H,30,32)/t25-/m1/s1. The van der Waals surface area contributed by atoms with Crippen molar-refractivity contribution < 1.29 is 19.1 Å². The molecule has 0 fully saturated rings. The van der Waals surface area contributed by atoms with Crippen LogP contribution in [-0.2, 0) is 27.4 Å². The highest BCUT2D eigenvalue weighted by Crippen LogP contribution is 2.20. The molecule has 7 nitrogen and oxygen atoms in total. The fourth-order valence-corrected chi connectivity index (χ4v) is 3.30.